The molecule has 0 radical (unpaired) electrons. The molecular formula is C39H39N5O7. The first kappa shape index (κ1) is 36.0. The van der Waals surface area contributed by atoms with Crippen LogP contribution in [0.1, 0.15) is 22.4 Å². The van der Waals surface area contributed by atoms with Crippen molar-refractivity contribution in [1.82, 2.24) is 25.9 Å². The number of amides is 3. The Hall–Kier alpha value is -6.27. The number of aromatic amines is 1. The summed E-state index contributed by atoms with van der Waals surface area (Å²) >= 11 is 0. The van der Waals surface area contributed by atoms with Gasteiger partial charge in [-0.25, -0.2) is 14.6 Å². The topological polar surface area (TPSA) is 172 Å². The maximum Gasteiger partial charge on any atom is 0.408 e. The van der Waals surface area contributed by atoms with E-state index in [1.54, 1.807) is 12.1 Å². The number of H-pyrrole nitrogens is 1. The minimum absolute atomic E-state index is 0.0114. The van der Waals surface area contributed by atoms with Crippen LogP contribution in [0.25, 0.3) is 11.1 Å². The summed E-state index contributed by atoms with van der Waals surface area (Å²) in [6.07, 6.45) is 2.16. The number of imidazole rings is 1. The predicted octanol–water partition coefficient (Wildman–Crippen LogP) is 4.43. The van der Waals surface area contributed by atoms with Gasteiger partial charge in [-0.1, -0.05) is 115 Å². The number of aliphatic carboxylic acids is 1. The summed E-state index contributed by atoms with van der Waals surface area (Å²) in [7, 11) is 0. The molecule has 0 saturated heterocycles. The molecule has 0 aliphatic heterocycles. The van der Waals surface area contributed by atoms with Gasteiger partial charge in [-0.2, -0.15) is 0 Å². The molecule has 12 heteroatoms. The number of rotatable bonds is 17. The van der Waals surface area contributed by atoms with Gasteiger partial charge < -0.3 is 35.5 Å². The number of aromatic nitrogens is 2. The van der Waals surface area contributed by atoms with Crippen LogP contribution in [0.3, 0.4) is 0 Å². The summed E-state index contributed by atoms with van der Waals surface area (Å²) in [6.45, 7) is -0.173. The summed E-state index contributed by atoms with van der Waals surface area (Å²) in [4.78, 5) is 59.5. The average Bonchev–Trinajstić information content (AvgIpc) is 3.67. The molecule has 262 valence electrons. The molecule has 5 N–H and O–H groups in total. The zero-order valence-corrected chi connectivity index (χ0v) is 27.7. The van der Waals surface area contributed by atoms with E-state index in [1.165, 1.54) is 12.5 Å². The number of ether oxygens (including phenoxy) is 2. The molecule has 5 aromatic rings. The van der Waals surface area contributed by atoms with Crippen LogP contribution in [-0.4, -0.2) is 63.7 Å². The molecular weight excluding hydrogens is 650 g/mol. The average molecular weight is 690 g/mol. The van der Waals surface area contributed by atoms with E-state index in [0.717, 1.165) is 22.3 Å². The van der Waals surface area contributed by atoms with E-state index in [9.17, 15) is 24.3 Å². The second kappa shape index (κ2) is 18.5. The first-order valence-electron chi connectivity index (χ1n) is 16.4. The van der Waals surface area contributed by atoms with Crippen LogP contribution in [0.4, 0.5) is 4.79 Å². The van der Waals surface area contributed by atoms with Crippen LogP contribution in [0.15, 0.2) is 128 Å². The zero-order valence-electron chi connectivity index (χ0n) is 27.7. The number of nitrogens with one attached hydrogen (secondary N) is 4. The van der Waals surface area contributed by atoms with Crippen molar-refractivity contribution in [2.45, 2.75) is 44.2 Å². The Bertz CT molecular complexity index is 1840. The normalized spacial score (nSPS) is 12.5. The number of carboxylic acid groups (broad SMARTS) is 1. The Labute approximate surface area is 295 Å². The van der Waals surface area contributed by atoms with E-state index in [-0.39, 0.29) is 32.7 Å². The van der Waals surface area contributed by atoms with Gasteiger partial charge in [0.05, 0.1) is 19.5 Å². The Kier molecular flexibility index (Phi) is 13.1. The molecule has 4 aromatic carbocycles. The van der Waals surface area contributed by atoms with Crippen molar-refractivity contribution in [2.75, 3.05) is 6.61 Å². The Morgan fingerprint density at radius 3 is 1.76 bits per heavy atom. The van der Waals surface area contributed by atoms with Crippen LogP contribution in [0.2, 0.25) is 0 Å². The second-order valence-corrected chi connectivity index (χ2v) is 11.8. The van der Waals surface area contributed by atoms with Crippen LogP contribution < -0.4 is 16.0 Å². The van der Waals surface area contributed by atoms with Gasteiger partial charge in [0.2, 0.25) is 11.8 Å². The third kappa shape index (κ3) is 11.4. The van der Waals surface area contributed by atoms with E-state index in [0.29, 0.717) is 11.3 Å². The van der Waals surface area contributed by atoms with E-state index in [2.05, 4.69) is 25.9 Å². The minimum atomic E-state index is -1.40. The molecule has 51 heavy (non-hydrogen) atoms. The highest BCUT2D eigenvalue weighted by Gasteiger charge is 2.31. The van der Waals surface area contributed by atoms with E-state index in [1.807, 2.05) is 103 Å². The molecule has 0 spiro atoms. The maximum atomic E-state index is 13.8. The number of hydrogen-bond donors (Lipinski definition) is 5. The van der Waals surface area contributed by atoms with Crippen molar-refractivity contribution in [3.05, 3.63) is 150 Å². The number of hydrogen-bond acceptors (Lipinski definition) is 7. The summed E-state index contributed by atoms with van der Waals surface area (Å²) < 4.78 is 11.0. The van der Waals surface area contributed by atoms with Crippen LogP contribution in [0, 0.1) is 0 Å². The zero-order chi connectivity index (χ0) is 35.8. The van der Waals surface area contributed by atoms with Crippen molar-refractivity contribution in [2.24, 2.45) is 0 Å². The summed E-state index contributed by atoms with van der Waals surface area (Å²) in [5.74, 6) is -2.72. The molecule has 1 aromatic heterocycles. The third-order valence-corrected chi connectivity index (χ3v) is 7.94. The first-order valence-corrected chi connectivity index (χ1v) is 16.4. The van der Waals surface area contributed by atoms with Gasteiger partial charge in [0.15, 0.2) is 6.04 Å². The van der Waals surface area contributed by atoms with E-state index < -0.39 is 42.0 Å². The molecule has 12 nitrogen and oxygen atoms in total. The van der Waals surface area contributed by atoms with Crippen molar-refractivity contribution in [3.63, 3.8) is 0 Å². The van der Waals surface area contributed by atoms with Crippen molar-refractivity contribution < 1.29 is 33.8 Å². The van der Waals surface area contributed by atoms with Crippen molar-refractivity contribution in [3.8, 4) is 11.1 Å². The molecule has 5 rings (SSSR count). The molecule has 0 aliphatic carbocycles. The van der Waals surface area contributed by atoms with Gasteiger partial charge in [-0.15, -0.1) is 0 Å². The monoisotopic (exact) mass is 689 g/mol. The van der Waals surface area contributed by atoms with Gasteiger partial charge in [0.1, 0.15) is 18.7 Å². The fourth-order valence-corrected chi connectivity index (χ4v) is 5.23. The minimum Gasteiger partial charge on any atom is -0.480 e. The van der Waals surface area contributed by atoms with Gasteiger partial charge in [0, 0.05) is 24.7 Å². The second-order valence-electron chi connectivity index (χ2n) is 11.8. The predicted molar refractivity (Wildman–Crippen MR) is 189 cm³/mol. The van der Waals surface area contributed by atoms with Gasteiger partial charge >= 0.3 is 12.1 Å². The SMILES string of the molecule is O=C(N[C@@H](Cc1cnc[nH]1)C(=O)N[C@@H](Cc1ccc(-c2ccccc2)cc1)C(=O)N[C@@H](COCc1ccccc1)C(=O)O)OCc1ccccc1. The van der Waals surface area contributed by atoms with Gasteiger partial charge in [-0.3, -0.25) is 9.59 Å². The summed E-state index contributed by atoms with van der Waals surface area (Å²) in [6, 6.07) is 31.8. The number of benzene rings is 4. The molecule has 1 heterocycles. The van der Waals surface area contributed by atoms with Crippen LogP contribution >= 0.6 is 0 Å². The fraction of sp³-hybridized carbons (Fsp3) is 0.205. The van der Waals surface area contributed by atoms with Crippen molar-refractivity contribution >= 4 is 23.9 Å². The molecule has 0 unspecified atom stereocenters. The Morgan fingerprint density at radius 1 is 0.627 bits per heavy atom. The lowest BCUT2D eigenvalue weighted by Crippen LogP contribution is -2.57. The number of carbonyl (C=O) groups is 4. The summed E-state index contributed by atoms with van der Waals surface area (Å²) in [5, 5.41) is 17.8. The van der Waals surface area contributed by atoms with Crippen molar-refractivity contribution in [1.29, 1.82) is 0 Å². The molecule has 0 fully saturated rings. The first-order chi connectivity index (χ1) is 24.8. The standard InChI is InChI=1S/C39H39N5O7/c45-36(43-35(38(47)48)25-50-23-28-10-4-1-5-11-28)33(20-27-16-18-31(19-17-27)30-14-8-3-9-15-30)42-37(46)34(21-32-22-40-26-41-32)44-39(49)51-24-29-12-6-2-7-13-29/h1-19,22,26,33-35H,20-21,23-25H2,(H,40,41)(H,42,46)(H,43,45)(H,44,49)(H,47,48)/t33-,34-,35-/m0/s1. The largest absolute Gasteiger partial charge is 0.480 e. The quantitative estimate of drug-likeness (QED) is 0.0955. The maximum absolute atomic E-state index is 13.8. The molecule has 0 aliphatic rings. The third-order valence-electron chi connectivity index (χ3n) is 7.94. The van der Waals surface area contributed by atoms with Gasteiger partial charge in [0.25, 0.3) is 0 Å². The highest BCUT2D eigenvalue weighted by Crippen LogP contribution is 2.20. The van der Waals surface area contributed by atoms with Gasteiger partial charge in [-0.05, 0) is 27.8 Å². The molecule has 3 amide bonds. The van der Waals surface area contributed by atoms with E-state index in [4.69, 9.17) is 9.47 Å². The highest BCUT2D eigenvalue weighted by atomic mass is 16.5. The number of carboxylic acids is 1. The Balaban J connectivity index is 1.31. The van der Waals surface area contributed by atoms with Crippen LogP contribution in [0.5, 0.6) is 0 Å². The lowest BCUT2D eigenvalue weighted by Gasteiger charge is -2.24. The lowest BCUT2D eigenvalue weighted by atomic mass is 9.99. The molecule has 3 atom stereocenters. The smallest absolute Gasteiger partial charge is 0.408 e. The summed E-state index contributed by atoms with van der Waals surface area (Å²) in [5.41, 5.74) is 4.84. The number of nitrogens with zero attached hydrogens (tertiary/aromatic N) is 1. The molecule has 0 saturated carbocycles. The fourth-order valence-electron chi connectivity index (χ4n) is 5.23. The molecule has 0 bridgehead atoms. The number of alkyl carbamates (subject to hydrolysis) is 1. The highest BCUT2D eigenvalue weighted by molar-refractivity contribution is 5.93. The Morgan fingerprint density at radius 2 is 1.18 bits per heavy atom. The van der Waals surface area contributed by atoms with E-state index >= 15 is 0 Å². The van der Waals surface area contributed by atoms with Crippen LogP contribution in [-0.2, 0) is 49.9 Å². The lowest BCUT2D eigenvalue weighted by molar-refractivity contribution is -0.144. The number of carbonyl (C=O) groups excluding carboxylic acids is 3.